The molecule has 0 aromatic carbocycles. The average Bonchev–Trinajstić information content (AvgIpc) is 2.81. The van der Waals surface area contributed by atoms with E-state index in [9.17, 15) is 0 Å². The van der Waals surface area contributed by atoms with E-state index in [-0.39, 0.29) is 12.7 Å². The van der Waals surface area contributed by atoms with Crippen molar-refractivity contribution in [1.29, 1.82) is 0 Å². The lowest BCUT2D eigenvalue weighted by Gasteiger charge is -2.14. The smallest absolute Gasteiger partial charge is 0.404 e. The fourth-order valence-electron chi connectivity index (χ4n) is 1.61. The predicted molar refractivity (Wildman–Crippen MR) is 60.6 cm³/mol. The van der Waals surface area contributed by atoms with Gasteiger partial charge in [0, 0.05) is 25.0 Å². The van der Waals surface area contributed by atoms with E-state index in [1.165, 1.54) is 0 Å². The highest BCUT2D eigenvalue weighted by atomic mass is 16.7. The lowest BCUT2D eigenvalue weighted by Crippen LogP contribution is -2.33. The SMILES string of the molecule is COCCn1cc(B2OCC(C)(C)O2)cn1. The van der Waals surface area contributed by atoms with Crippen molar-refractivity contribution in [3.8, 4) is 0 Å². The molecule has 0 spiro atoms. The van der Waals surface area contributed by atoms with Crippen LogP contribution in [0.25, 0.3) is 0 Å². The van der Waals surface area contributed by atoms with Gasteiger partial charge in [0.15, 0.2) is 0 Å². The van der Waals surface area contributed by atoms with Gasteiger partial charge in [-0.25, -0.2) is 0 Å². The highest BCUT2D eigenvalue weighted by Crippen LogP contribution is 2.19. The van der Waals surface area contributed by atoms with Gasteiger partial charge in [-0.05, 0) is 13.8 Å². The van der Waals surface area contributed by atoms with E-state index in [1.54, 1.807) is 13.3 Å². The Bertz CT molecular complexity index is 354. The minimum atomic E-state index is -0.286. The molecule has 1 aliphatic rings. The molecule has 0 unspecified atom stereocenters. The van der Waals surface area contributed by atoms with Crippen LogP contribution in [0.15, 0.2) is 12.4 Å². The van der Waals surface area contributed by atoms with E-state index in [4.69, 9.17) is 14.0 Å². The first-order valence-corrected chi connectivity index (χ1v) is 5.41. The molecule has 1 aromatic heterocycles. The Balaban J connectivity index is 1.97. The van der Waals surface area contributed by atoms with E-state index in [1.807, 2.05) is 24.7 Å². The minimum absolute atomic E-state index is 0.209. The van der Waals surface area contributed by atoms with Crippen LogP contribution >= 0.6 is 0 Å². The zero-order valence-electron chi connectivity index (χ0n) is 9.97. The summed E-state index contributed by atoms with van der Waals surface area (Å²) in [6.45, 7) is 6.04. The van der Waals surface area contributed by atoms with Crippen molar-refractivity contribution in [2.45, 2.75) is 26.0 Å². The van der Waals surface area contributed by atoms with E-state index >= 15 is 0 Å². The molecule has 6 heteroatoms. The highest BCUT2D eigenvalue weighted by molar-refractivity contribution is 6.61. The van der Waals surface area contributed by atoms with Crippen molar-refractivity contribution in [2.75, 3.05) is 20.3 Å². The molecule has 0 saturated carbocycles. The van der Waals surface area contributed by atoms with Gasteiger partial charge in [0.1, 0.15) is 0 Å². The average molecular weight is 224 g/mol. The predicted octanol–water partition coefficient (Wildman–Crippen LogP) is 0.0501. The van der Waals surface area contributed by atoms with Crippen LogP contribution in [0.2, 0.25) is 0 Å². The Labute approximate surface area is 95.8 Å². The fourth-order valence-corrected chi connectivity index (χ4v) is 1.61. The van der Waals surface area contributed by atoms with Gasteiger partial charge in [-0.15, -0.1) is 0 Å². The van der Waals surface area contributed by atoms with Crippen LogP contribution in [0.4, 0.5) is 0 Å². The maximum atomic E-state index is 5.75. The Morgan fingerprint density at radius 1 is 1.62 bits per heavy atom. The maximum Gasteiger partial charge on any atom is 0.497 e. The second kappa shape index (κ2) is 4.57. The summed E-state index contributed by atoms with van der Waals surface area (Å²) in [6.07, 6.45) is 3.72. The van der Waals surface area contributed by atoms with Crippen LogP contribution < -0.4 is 5.46 Å². The van der Waals surface area contributed by atoms with Crippen LogP contribution in [0, 0.1) is 0 Å². The maximum absolute atomic E-state index is 5.75. The summed E-state index contributed by atoms with van der Waals surface area (Å²) in [6, 6.07) is 0. The number of aromatic nitrogens is 2. The van der Waals surface area contributed by atoms with Gasteiger partial charge in [-0.2, -0.15) is 5.10 Å². The standard InChI is InChI=1S/C10H17BN2O3/c1-10(2)8-15-11(16-10)9-6-12-13(7-9)4-5-14-3/h6-7H,4-5,8H2,1-3H3. The third kappa shape index (κ3) is 2.64. The second-order valence-corrected chi connectivity index (χ2v) is 4.55. The molecule has 2 rings (SSSR count). The molecule has 0 atom stereocenters. The minimum Gasteiger partial charge on any atom is -0.404 e. The van der Waals surface area contributed by atoms with Gasteiger partial charge in [0.2, 0.25) is 0 Å². The molecule has 0 amide bonds. The summed E-state index contributed by atoms with van der Waals surface area (Å²) >= 11 is 0. The molecular formula is C10H17BN2O3. The lowest BCUT2D eigenvalue weighted by atomic mass is 9.82. The molecule has 0 bridgehead atoms. The quantitative estimate of drug-likeness (QED) is 0.678. The summed E-state index contributed by atoms with van der Waals surface area (Å²) in [4.78, 5) is 0. The zero-order chi connectivity index (χ0) is 11.6. The molecule has 1 aliphatic heterocycles. The van der Waals surface area contributed by atoms with Crippen molar-refractivity contribution >= 4 is 12.6 Å². The molecule has 16 heavy (non-hydrogen) atoms. The van der Waals surface area contributed by atoms with Crippen molar-refractivity contribution in [3.05, 3.63) is 12.4 Å². The Kier molecular flexibility index (Phi) is 3.32. The second-order valence-electron chi connectivity index (χ2n) is 4.55. The van der Waals surface area contributed by atoms with Gasteiger partial charge < -0.3 is 14.0 Å². The van der Waals surface area contributed by atoms with E-state index < -0.39 is 0 Å². The number of methoxy groups -OCH3 is 1. The summed E-state index contributed by atoms with van der Waals surface area (Å²) in [7, 11) is 1.39. The monoisotopic (exact) mass is 224 g/mol. The van der Waals surface area contributed by atoms with Gasteiger partial charge >= 0.3 is 7.12 Å². The Hall–Kier alpha value is -0.845. The number of nitrogens with zero attached hydrogens (tertiary/aromatic N) is 2. The number of rotatable bonds is 4. The van der Waals surface area contributed by atoms with Gasteiger partial charge in [-0.3, -0.25) is 4.68 Å². The number of ether oxygens (including phenoxy) is 1. The van der Waals surface area contributed by atoms with Crippen LogP contribution in [0.3, 0.4) is 0 Å². The molecule has 1 aromatic rings. The molecule has 0 aliphatic carbocycles. The zero-order valence-corrected chi connectivity index (χ0v) is 9.97. The van der Waals surface area contributed by atoms with E-state index in [0.717, 1.165) is 12.0 Å². The van der Waals surface area contributed by atoms with E-state index in [2.05, 4.69) is 5.10 Å². The number of hydrogen-bond acceptors (Lipinski definition) is 4. The summed E-state index contributed by atoms with van der Waals surface area (Å²) in [5.41, 5.74) is 0.751. The first-order valence-electron chi connectivity index (χ1n) is 5.41. The Morgan fingerprint density at radius 3 is 3.06 bits per heavy atom. The van der Waals surface area contributed by atoms with Crippen molar-refractivity contribution in [2.24, 2.45) is 0 Å². The van der Waals surface area contributed by atoms with Gasteiger partial charge in [0.25, 0.3) is 0 Å². The van der Waals surface area contributed by atoms with Crippen molar-refractivity contribution < 1.29 is 14.0 Å². The van der Waals surface area contributed by atoms with Crippen LogP contribution in [0.1, 0.15) is 13.8 Å². The van der Waals surface area contributed by atoms with Crippen LogP contribution in [0.5, 0.6) is 0 Å². The van der Waals surface area contributed by atoms with Crippen LogP contribution in [-0.4, -0.2) is 42.8 Å². The van der Waals surface area contributed by atoms with Gasteiger partial charge in [-0.1, -0.05) is 0 Å². The fraction of sp³-hybridized carbons (Fsp3) is 0.700. The molecule has 0 radical (unpaired) electrons. The van der Waals surface area contributed by atoms with Crippen molar-refractivity contribution in [1.82, 2.24) is 9.78 Å². The largest absolute Gasteiger partial charge is 0.497 e. The number of hydrogen-bond donors (Lipinski definition) is 0. The molecule has 2 heterocycles. The summed E-state index contributed by atoms with van der Waals surface area (Å²) in [5, 5.41) is 4.22. The molecule has 1 saturated heterocycles. The molecule has 0 N–H and O–H groups in total. The molecule has 1 fully saturated rings. The highest BCUT2D eigenvalue weighted by Gasteiger charge is 2.38. The first kappa shape index (κ1) is 11.6. The van der Waals surface area contributed by atoms with Gasteiger partial charge in [0.05, 0.1) is 25.4 Å². The molecule has 5 nitrogen and oxygen atoms in total. The molecule has 88 valence electrons. The lowest BCUT2D eigenvalue weighted by molar-refractivity contribution is 0.137. The first-order chi connectivity index (χ1) is 7.61. The normalized spacial score (nSPS) is 19.3. The topological polar surface area (TPSA) is 45.5 Å². The summed E-state index contributed by atoms with van der Waals surface area (Å²) in [5.74, 6) is 0. The third-order valence-electron chi connectivity index (χ3n) is 2.46. The van der Waals surface area contributed by atoms with Crippen molar-refractivity contribution in [3.63, 3.8) is 0 Å². The Morgan fingerprint density at radius 2 is 2.44 bits per heavy atom. The molecular weight excluding hydrogens is 207 g/mol. The van der Waals surface area contributed by atoms with Crippen LogP contribution in [-0.2, 0) is 20.6 Å². The third-order valence-corrected chi connectivity index (χ3v) is 2.46. The summed E-state index contributed by atoms with van der Waals surface area (Å²) < 4.78 is 18.1. The van der Waals surface area contributed by atoms with E-state index in [0.29, 0.717) is 13.2 Å².